The van der Waals surface area contributed by atoms with Crippen molar-refractivity contribution >= 4 is 5.69 Å². The molecule has 70 valence electrons. The number of nitrogens with zero attached hydrogens (tertiary/aromatic N) is 2. The van der Waals surface area contributed by atoms with Gasteiger partial charge in [-0.2, -0.15) is 0 Å². The number of pyridine rings is 1. The zero-order chi connectivity index (χ0) is 9.84. The first-order valence-electron chi connectivity index (χ1n) is 3.89. The predicted molar refractivity (Wildman–Crippen MR) is 46.8 cm³/mol. The van der Waals surface area contributed by atoms with E-state index in [1.165, 1.54) is 12.3 Å². The van der Waals surface area contributed by atoms with Crippen LogP contribution in [0.25, 0.3) is 0 Å². The van der Waals surface area contributed by atoms with Crippen LogP contribution in [-0.2, 0) is 0 Å². The summed E-state index contributed by atoms with van der Waals surface area (Å²) in [5, 5.41) is 10.5. The van der Waals surface area contributed by atoms with E-state index in [2.05, 4.69) is 4.98 Å². The zero-order valence-corrected chi connectivity index (χ0v) is 7.48. The highest BCUT2D eigenvalue weighted by atomic mass is 16.6. The van der Waals surface area contributed by atoms with Crippen molar-refractivity contribution in [1.29, 1.82) is 0 Å². The molecule has 0 N–H and O–H groups in total. The molecule has 0 saturated carbocycles. The van der Waals surface area contributed by atoms with Gasteiger partial charge in [-0.15, -0.1) is 0 Å². The second-order valence-corrected chi connectivity index (χ2v) is 2.48. The fraction of sp³-hybridized carbons (Fsp3) is 0.375. The third-order valence-corrected chi connectivity index (χ3v) is 1.48. The summed E-state index contributed by atoms with van der Waals surface area (Å²) in [6, 6.07) is 1.39. The van der Waals surface area contributed by atoms with Gasteiger partial charge in [-0.05, 0) is 13.8 Å². The first-order chi connectivity index (χ1) is 6.15. The molecule has 13 heavy (non-hydrogen) atoms. The van der Waals surface area contributed by atoms with E-state index in [-0.39, 0.29) is 11.4 Å². The molecule has 1 rings (SSSR count). The smallest absolute Gasteiger partial charge is 0.314 e. The van der Waals surface area contributed by atoms with Gasteiger partial charge in [-0.1, -0.05) is 0 Å². The number of ether oxygens (including phenoxy) is 1. The highest BCUT2D eigenvalue weighted by molar-refractivity contribution is 5.45. The van der Waals surface area contributed by atoms with Crippen molar-refractivity contribution in [2.45, 2.75) is 13.8 Å². The molecule has 0 unspecified atom stereocenters. The Morgan fingerprint density at radius 3 is 2.92 bits per heavy atom. The lowest BCUT2D eigenvalue weighted by Crippen LogP contribution is -1.98. The Balaban J connectivity index is 3.10. The molecule has 0 aliphatic heterocycles. The minimum absolute atomic E-state index is 0.0330. The maximum atomic E-state index is 10.5. The maximum absolute atomic E-state index is 10.5. The Morgan fingerprint density at radius 2 is 2.38 bits per heavy atom. The van der Waals surface area contributed by atoms with Crippen LogP contribution >= 0.6 is 0 Å². The molecule has 0 fully saturated rings. The zero-order valence-electron chi connectivity index (χ0n) is 7.48. The second-order valence-electron chi connectivity index (χ2n) is 2.48. The standard InChI is InChI=1S/C8H10N2O3/c1-3-13-8-5-9-6(2)4-7(8)10(11)12/h4-5H,3H2,1-2H3. The van der Waals surface area contributed by atoms with Crippen LogP contribution in [-0.4, -0.2) is 16.5 Å². The summed E-state index contributed by atoms with van der Waals surface area (Å²) in [7, 11) is 0. The van der Waals surface area contributed by atoms with E-state index in [1.807, 2.05) is 0 Å². The minimum atomic E-state index is -0.473. The van der Waals surface area contributed by atoms with Crippen LogP contribution in [0.2, 0.25) is 0 Å². The van der Waals surface area contributed by atoms with Crippen LogP contribution in [0.15, 0.2) is 12.3 Å². The summed E-state index contributed by atoms with van der Waals surface area (Å²) >= 11 is 0. The van der Waals surface area contributed by atoms with Crippen LogP contribution < -0.4 is 4.74 Å². The quantitative estimate of drug-likeness (QED) is 0.527. The van der Waals surface area contributed by atoms with Gasteiger partial charge in [-0.25, -0.2) is 0 Å². The number of rotatable bonds is 3. The molecule has 1 heterocycles. The normalized spacial score (nSPS) is 9.69. The Kier molecular flexibility index (Phi) is 2.79. The van der Waals surface area contributed by atoms with Crippen molar-refractivity contribution in [3.8, 4) is 5.75 Å². The van der Waals surface area contributed by atoms with Crippen LogP contribution in [0.4, 0.5) is 5.69 Å². The van der Waals surface area contributed by atoms with Gasteiger partial charge in [0.15, 0.2) is 0 Å². The number of aryl methyl sites for hydroxylation is 1. The number of hydrogen-bond acceptors (Lipinski definition) is 4. The molecule has 0 aliphatic rings. The highest BCUT2D eigenvalue weighted by Crippen LogP contribution is 2.25. The van der Waals surface area contributed by atoms with Gasteiger partial charge in [0.25, 0.3) is 0 Å². The first kappa shape index (κ1) is 9.44. The fourth-order valence-electron chi connectivity index (χ4n) is 0.942. The van der Waals surface area contributed by atoms with E-state index in [1.54, 1.807) is 13.8 Å². The first-order valence-corrected chi connectivity index (χ1v) is 3.89. The predicted octanol–water partition coefficient (Wildman–Crippen LogP) is 1.70. The van der Waals surface area contributed by atoms with E-state index < -0.39 is 4.92 Å². The van der Waals surface area contributed by atoms with Crippen LogP contribution in [0.3, 0.4) is 0 Å². The molecule has 0 atom stereocenters. The largest absolute Gasteiger partial charge is 0.486 e. The van der Waals surface area contributed by atoms with Gasteiger partial charge >= 0.3 is 5.69 Å². The van der Waals surface area contributed by atoms with Crippen molar-refractivity contribution in [1.82, 2.24) is 4.98 Å². The molecular weight excluding hydrogens is 172 g/mol. The Labute approximate surface area is 75.5 Å². The van der Waals surface area contributed by atoms with Gasteiger partial charge in [-0.3, -0.25) is 15.1 Å². The second kappa shape index (κ2) is 3.84. The summed E-state index contributed by atoms with van der Waals surface area (Å²) in [5.74, 6) is 0.220. The molecule has 1 aromatic rings. The lowest BCUT2D eigenvalue weighted by Gasteiger charge is -2.03. The topological polar surface area (TPSA) is 65.3 Å². The molecule has 0 bridgehead atoms. The van der Waals surface area contributed by atoms with E-state index in [9.17, 15) is 10.1 Å². The van der Waals surface area contributed by atoms with Gasteiger partial charge in [0.05, 0.1) is 17.7 Å². The van der Waals surface area contributed by atoms with Gasteiger partial charge in [0.2, 0.25) is 5.75 Å². The lowest BCUT2D eigenvalue weighted by atomic mass is 10.3. The molecule has 0 aliphatic carbocycles. The molecular formula is C8H10N2O3. The molecule has 1 aromatic heterocycles. The monoisotopic (exact) mass is 182 g/mol. The Bertz CT molecular complexity index is 325. The number of nitro groups is 1. The molecule has 5 nitrogen and oxygen atoms in total. The summed E-state index contributed by atoms with van der Waals surface area (Å²) in [4.78, 5) is 14.0. The van der Waals surface area contributed by atoms with Crippen LogP contribution in [0, 0.1) is 17.0 Å². The summed E-state index contributed by atoms with van der Waals surface area (Å²) in [6.45, 7) is 3.86. The van der Waals surface area contributed by atoms with Crippen molar-refractivity contribution < 1.29 is 9.66 Å². The lowest BCUT2D eigenvalue weighted by molar-refractivity contribution is -0.386. The number of hydrogen-bond donors (Lipinski definition) is 0. The van der Waals surface area contributed by atoms with E-state index in [0.29, 0.717) is 12.3 Å². The fourth-order valence-corrected chi connectivity index (χ4v) is 0.942. The molecule has 0 radical (unpaired) electrons. The minimum Gasteiger partial charge on any atom is -0.486 e. The Morgan fingerprint density at radius 1 is 1.69 bits per heavy atom. The average Bonchev–Trinajstić information content (AvgIpc) is 2.08. The molecule has 5 heteroatoms. The molecule has 0 aromatic carbocycles. The summed E-state index contributed by atoms with van der Waals surface area (Å²) < 4.78 is 5.05. The maximum Gasteiger partial charge on any atom is 0.314 e. The average molecular weight is 182 g/mol. The van der Waals surface area contributed by atoms with Crippen molar-refractivity contribution in [2.24, 2.45) is 0 Å². The SMILES string of the molecule is CCOc1cnc(C)cc1[N+](=O)[O-]. The van der Waals surface area contributed by atoms with Crippen molar-refractivity contribution in [2.75, 3.05) is 6.61 Å². The molecule has 0 amide bonds. The van der Waals surface area contributed by atoms with E-state index in [4.69, 9.17) is 4.74 Å². The van der Waals surface area contributed by atoms with E-state index in [0.717, 1.165) is 0 Å². The summed E-state index contributed by atoms with van der Waals surface area (Å²) in [5.41, 5.74) is 0.574. The van der Waals surface area contributed by atoms with Gasteiger partial charge < -0.3 is 4.74 Å². The third-order valence-electron chi connectivity index (χ3n) is 1.48. The van der Waals surface area contributed by atoms with Gasteiger partial charge in [0, 0.05) is 11.8 Å². The Hall–Kier alpha value is -1.65. The van der Waals surface area contributed by atoms with Gasteiger partial charge in [0.1, 0.15) is 0 Å². The summed E-state index contributed by atoms with van der Waals surface area (Å²) in [6.07, 6.45) is 1.37. The molecule has 0 saturated heterocycles. The third kappa shape index (κ3) is 2.14. The number of aromatic nitrogens is 1. The van der Waals surface area contributed by atoms with Crippen molar-refractivity contribution in [3.05, 3.63) is 28.1 Å². The van der Waals surface area contributed by atoms with Crippen molar-refractivity contribution in [3.63, 3.8) is 0 Å². The van der Waals surface area contributed by atoms with Crippen LogP contribution in [0.1, 0.15) is 12.6 Å². The van der Waals surface area contributed by atoms with E-state index >= 15 is 0 Å². The van der Waals surface area contributed by atoms with Crippen LogP contribution in [0.5, 0.6) is 5.75 Å². The highest BCUT2D eigenvalue weighted by Gasteiger charge is 2.14. The molecule has 0 spiro atoms.